The molecule has 0 amide bonds. The molecule has 29 heavy (non-hydrogen) atoms. The Balaban J connectivity index is 1.46. The molecule has 1 N–H and O–H groups in total. The smallest absolute Gasteiger partial charge is 0.250 e. The fourth-order valence-corrected chi connectivity index (χ4v) is 3.50. The van der Waals surface area contributed by atoms with Crippen LogP contribution < -0.4 is 15.2 Å². The van der Waals surface area contributed by atoms with E-state index in [2.05, 4.69) is 46.2 Å². The molecule has 2 aliphatic rings. The number of allylic oxidation sites excluding steroid dienone is 1. The molecule has 2 saturated heterocycles. The fourth-order valence-electron chi connectivity index (χ4n) is 3.23. The summed E-state index contributed by atoms with van der Waals surface area (Å²) >= 11 is 3.44. The van der Waals surface area contributed by atoms with Gasteiger partial charge < -0.3 is 14.5 Å². The number of halogens is 1. The van der Waals surface area contributed by atoms with Crippen LogP contribution in [-0.4, -0.2) is 60.6 Å². The zero-order valence-corrected chi connectivity index (χ0v) is 17.8. The van der Waals surface area contributed by atoms with E-state index in [4.69, 9.17) is 9.72 Å². The Morgan fingerprint density at radius 3 is 2.28 bits per heavy atom. The number of morpholine rings is 1. The number of anilines is 3. The van der Waals surface area contributed by atoms with E-state index in [0.717, 1.165) is 36.2 Å². The summed E-state index contributed by atoms with van der Waals surface area (Å²) in [6, 6.07) is 8.08. The van der Waals surface area contributed by atoms with Crippen molar-refractivity contribution in [2.45, 2.75) is 12.8 Å². The fraction of sp³-hybridized carbons (Fsp3) is 0.400. The predicted molar refractivity (Wildman–Crippen MR) is 120 cm³/mol. The molecule has 1 aromatic carbocycles. The Bertz CT molecular complexity index is 860. The third-order valence-electron chi connectivity index (χ3n) is 4.78. The van der Waals surface area contributed by atoms with E-state index < -0.39 is 0 Å². The van der Waals surface area contributed by atoms with Crippen LogP contribution in [0.15, 0.2) is 39.9 Å². The monoisotopic (exact) mass is 457 g/mol. The summed E-state index contributed by atoms with van der Waals surface area (Å²) in [5, 5.41) is 4.24. The lowest BCUT2D eigenvalue weighted by molar-refractivity contribution is 0.122. The van der Waals surface area contributed by atoms with Crippen LogP contribution in [0, 0.1) is 0 Å². The first-order valence-corrected chi connectivity index (χ1v) is 10.6. The van der Waals surface area contributed by atoms with Gasteiger partial charge in [0, 0.05) is 36.9 Å². The van der Waals surface area contributed by atoms with E-state index in [-0.39, 0.29) is 0 Å². The summed E-state index contributed by atoms with van der Waals surface area (Å²) in [7, 11) is 0. The van der Waals surface area contributed by atoms with Crippen molar-refractivity contribution >= 4 is 46.1 Å². The Kier molecular flexibility index (Phi) is 6.68. The number of benzene rings is 1. The third kappa shape index (κ3) is 5.51. The molecule has 0 radical (unpaired) electrons. The average molecular weight is 458 g/mol. The Morgan fingerprint density at radius 2 is 1.59 bits per heavy atom. The summed E-state index contributed by atoms with van der Waals surface area (Å²) in [6.07, 6.45) is 7.89. The molecule has 0 spiro atoms. The van der Waals surface area contributed by atoms with E-state index in [9.17, 15) is 0 Å². The second-order valence-corrected chi connectivity index (χ2v) is 7.77. The van der Waals surface area contributed by atoms with Gasteiger partial charge in [0.1, 0.15) is 0 Å². The van der Waals surface area contributed by atoms with Crippen molar-refractivity contribution in [2.75, 3.05) is 54.6 Å². The summed E-state index contributed by atoms with van der Waals surface area (Å²) in [5.41, 5.74) is 4.05. The minimum atomic E-state index is 0.455. The van der Waals surface area contributed by atoms with Crippen LogP contribution in [0.3, 0.4) is 0 Å². The number of hydrogen-bond acceptors (Lipinski definition) is 8. The Hall–Kier alpha value is -2.52. The summed E-state index contributed by atoms with van der Waals surface area (Å²) in [5.74, 6) is 1.84. The number of aromatic nitrogens is 3. The van der Waals surface area contributed by atoms with Crippen molar-refractivity contribution in [2.24, 2.45) is 5.10 Å². The van der Waals surface area contributed by atoms with Gasteiger partial charge in [-0.3, -0.25) is 0 Å². The highest BCUT2D eigenvalue weighted by Gasteiger charge is 2.20. The van der Waals surface area contributed by atoms with Gasteiger partial charge in [0.25, 0.3) is 0 Å². The highest BCUT2D eigenvalue weighted by molar-refractivity contribution is 9.10. The minimum absolute atomic E-state index is 0.455. The first kappa shape index (κ1) is 19.8. The molecule has 2 fully saturated rings. The second kappa shape index (κ2) is 9.80. The SMILES string of the molecule is Brc1ccc(/C=C/C=N\Nc2nc(N3CCCC3)nc(N3CCOCC3)n2)cc1. The number of hydrazone groups is 1. The van der Waals surface area contributed by atoms with E-state index >= 15 is 0 Å². The molecule has 0 atom stereocenters. The average Bonchev–Trinajstić information content (AvgIpc) is 3.30. The van der Waals surface area contributed by atoms with Crippen LogP contribution in [0.4, 0.5) is 17.8 Å². The third-order valence-corrected chi connectivity index (χ3v) is 5.31. The van der Waals surface area contributed by atoms with Gasteiger partial charge in [-0.2, -0.15) is 20.1 Å². The first-order valence-electron chi connectivity index (χ1n) is 9.83. The lowest BCUT2D eigenvalue weighted by atomic mass is 10.2. The lowest BCUT2D eigenvalue weighted by Crippen LogP contribution is -2.38. The summed E-state index contributed by atoms with van der Waals surface area (Å²) < 4.78 is 6.50. The van der Waals surface area contributed by atoms with Crippen LogP contribution in [0.1, 0.15) is 18.4 Å². The van der Waals surface area contributed by atoms with Crippen LogP contribution in [0.25, 0.3) is 6.08 Å². The second-order valence-electron chi connectivity index (χ2n) is 6.85. The van der Waals surface area contributed by atoms with E-state index in [1.807, 2.05) is 36.4 Å². The van der Waals surface area contributed by atoms with Gasteiger partial charge in [-0.25, -0.2) is 5.43 Å². The topological polar surface area (TPSA) is 78.8 Å². The van der Waals surface area contributed by atoms with Gasteiger partial charge in [-0.15, -0.1) is 0 Å². The molecule has 3 heterocycles. The summed E-state index contributed by atoms with van der Waals surface area (Å²) in [4.78, 5) is 18.2. The molecular weight excluding hydrogens is 434 g/mol. The molecule has 0 saturated carbocycles. The number of ether oxygens (including phenoxy) is 1. The van der Waals surface area contributed by atoms with Crippen LogP contribution in [-0.2, 0) is 4.74 Å². The molecule has 2 aromatic rings. The van der Waals surface area contributed by atoms with Crippen molar-refractivity contribution < 1.29 is 4.74 Å². The molecule has 8 nitrogen and oxygen atoms in total. The molecule has 0 unspecified atom stereocenters. The van der Waals surface area contributed by atoms with Gasteiger partial charge >= 0.3 is 0 Å². The number of hydrogen-bond donors (Lipinski definition) is 1. The van der Waals surface area contributed by atoms with Gasteiger partial charge in [0.15, 0.2) is 0 Å². The van der Waals surface area contributed by atoms with Gasteiger partial charge in [-0.05, 0) is 36.6 Å². The van der Waals surface area contributed by atoms with Crippen molar-refractivity contribution in [3.8, 4) is 0 Å². The van der Waals surface area contributed by atoms with Crippen molar-refractivity contribution in [3.05, 3.63) is 40.4 Å². The van der Waals surface area contributed by atoms with Gasteiger partial charge in [0.05, 0.1) is 13.2 Å². The molecule has 1 aromatic heterocycles. The van der Waals surface area contributed by atoms with Crippen LogP contribution in [0.5, 0.6) is 0 Å². The minimum Gasteiger partial charge on any atom is -0.378 e. The molecule has 2 aliphatic heterocycles. The quantitative estimate of drug-likeness (QED) is 0.526. The zero-order chi connectivity index (χ0) is 19.9. The van der Waals surface area contributed by atoms with E-state index in [1.54, 1.807) is 6.21 Å². The maximum absolute atomic E-state index is 5.44. The van der Waals surface area contributed by atoms with Crippen molar-refractivity contribution in [1.29, 1.82) is 0 Å². The van der Waals surface area contributed by atoms with Crippen LogP contribution >= 0.6 is 15.9 Å². The van der Waals surface area contributed by atoms with E-state index in [1.165, 1.54) is 12.8 Å². The molecule has 4 rings (SSSR count). The largest absolute Gasteiger partial charge is 0.378 e. The van der Waals surface area contributed by atoms with Gasteiger partial charge in [0.2, 0.25) is 17.8 Å². The Labute approximate surface area is 178 Å². The molecular formula is C20H24BrN7O. The number of rotatable bonds is 6. The molecule has 0 aliphatic carbocycles. The van der Waals surface area contributed by atoms with E-state index in [0.29, 0.717) is 31.1 Å². The number of nitrogens with zero attached hydrogens (tertiary/aromatic N) is 6. The lowest BCUT2D eigenvalue weighted by Gasteiger charge is -2.27. The highest BCUT2D eigenvalue weighted by Crippen LogP contribution is 2.21. The van der Waals surface area contributed by atoms with Gasteiger partial charge in [-0.1, -0.05) is 34.1 Å². The van der Waals surface area contributed by atoms with Crippen LogP contribution in [0.2, 0.25) is 0 Å². The van der Waals surface area contributed by atoms with Crippen molar-refractivity contribution in [3.63, 3.8) is 0 Å². The molecule has 152 valence electrons. The summed E-state index contributed by atoms with van der Waals surface area (Å²) in [6.45, 7) is 4.89. The molecule has 9 heteroatoms. The standard InChI is InChI=1S/C20H24BrN7O/c21-17-7-5-16(6-8-17)4-3-9-22-26-18-23-19(27-10-1-2-11-27)25-20(24-18)28-12-14-29-15-13-28/h3-9H,1-2,10-15H2,(H,23,24,25,26)/b4-3+,22-9-. The zero-order valence-electron chi connectivity index (χ0n) is 16.2. The highest BCUT2D eigenvalue weighted by atomic mass is 79.9. The predicted octanol–water partition coefficient (Wildman–Crippen LogP) is 3.18. The van der Waals surface area contributed by atoms with Crippen molar-refractivity contribution in [1.82, 2.24) is 15.0 Å². The molecule has 0 bridgehead atoms. The first-order chi connectivity index (χ1) is 14.3. The number of nitrogens with one attached hydrogen (secondary N) is 1. The Morgan fingerprint density at radius 1 is 0.931 bits per heavy atom. The normalized spacial score (nSPS) is 17.6. The maximum atomic E-state index is 5.44. The maximum Gasteiger partial charge on any atom is 0.250 e.